The van der Waals surface area contributed by atoms with Crippen LogP contribution in [0.15, 0.2) is 0 Å². The van der Waals surface area contributed by atoms with Crippen LogP contribution in [0, 0.1) is 64.3 Å². The monoisotopic (exact) mass is 346 g/mol. The van der Waals surface area contributed by atoms with Gasteiger partial charge in [-0.15, -0.1) is 0 Å². The Hall–Kier alpha value is 3.14. The van der Waals surface area contributed by atoms with E-state index < -0.39 is 22.5 Å². The van der Waals surface area contributed by atoms with Crippen molar-refractivity contribution in [3.05, 3.63) is 0 Å². The molecule has 8 heavy (non-hydrogen) atoms. The average molecular weight is 345 g/mol. The van der Waals surface area contributed by atoms with Gasteiger partial charge >= 0.3 is 36.6 Å². The number of rotatable bonds is 0. The molecule has 0 unspecified atom stereocenters. The van der Waals surface area contributed by atoms with E-state index in [2.05, 4.69) is 0 Å². The van der Waals surface area contributed by atoms with Gasteiger partial charge in [-0.1, -0.05) is 0 Å². The molecule has 0 nitrogen and oxygen atoms in total. The molecule has 0 heterocycles. The maximum atomic E-state index is 4.94. The average Bonchev–Trinajstić information content (AvgIpc) is 0.592. The van der Waals surface area contributed by atoms with Crippen molar-refractivity contribution in [1.82, 2.24) is 0 Å². The van der Waals surface area contributed by atoms with Gasteiger partial charge in [-0.2, -0.15) is 0 Å². The van der Waals surface area contributed by atoms with Crippen molar-refractivity contribution in [1.29, 1.82) is 0 Å². The van der Waals surface area contributed by atoms with Crippen molar-refractivity contribution in [2.24, 2.45) is 0 Å². The molecule has 0 bridgehead atoms. The summed E-state index contributed by atoms with van der Waals surface area (Å²) in [5, 5.41) is 0. The third-order valence-corrected chi connectivity index (χ3v) is 0. The van der Waals surface area contributed by atoms with Gasteiger partial charge in [0.2, 0.25) is 0 Å². The first kappa shape index (κ1) is 13.7. The van der Waals surface area contributed by atoms with Crippen LogP contribution in [0.2, 0.25) is 0 Å². The first-order valence-corrected chi connectivity index (χ1v) is 12.6. The van der Waals surface area contributed by atoms with E-state index in [9.17, 15) is 0 Å². The van der Waals surface area contributed by atoms with E-state index in [0.29, 0.717) is 0 Å². The molecule has 0 rings (SSSR count). The van der Waals surface area contributed by atoms with Gasteiger partial charge in [-0.25, -0.2) is 0 Å². The molecule has 0 aliphatic heterocycles. The topological polar surface area (TPSA) is 0 Å². The Balaban J connectivity index is 0. The summed E-state index contributed by atoms with van der Waals surface area (Å²) in [4.78, 5) is 0. The van der Waals surface area contributed by atoms with Crippen LogP contribution < -0.4 is 0 Å². The zero-order valence-electron chi connectivity index (χ0n) is 4.46. The van der Waals surface area contributed by atoms with Crippen molar-refractivity contribution < 1.29 is 64.3 Å². The fourth-order valence-electron chi connectivity index (χ4n) is 0. The van der Waals surface area contributed by atoms with Crippen LogP contribution in [0.5, 0.6) is 0 Å². The summed E-state index contributed by atoms with van der Waals surface area (Å²) < 4.78 is 29.6. The smallest absolute Gasteiger partial charge is 0 e. The van der Waals surface area contributed by atoms with E-state index in [0.717, 1.165) is 0 Å². The van der Waals surface area contributed by atoms with E-state index in [1.165, 1.54) is 0 Å². The second-order valence-electron chi connectivity index (χ2n) is 2.50. The van der Waals surface area contributed by atoms with E-state index in [1.54, 1.807) is 0 Å². The Kier molecular flexibility index (Phi) is 4.42. The van der Waals surface area contributed by atoms with Gasteiger partial charge in [0.05, 0.1) is 0 Å². The van der Waals surface area contributed by atoms with Crippen molar-refractivity contribution in [2.45, 2.75) is 0 Å². The fraction of sp³-hybridized carbons (Fsp3) is 0. The summed E-state index contributed by atoms with van der Waals surface area (Å²) in [6.07, 6.45) is 0. The van der Waals surface area contributed by atoms with Gasteiger partial charge < -0.3 is 0 Å². The van der Waals surface area contributed by atoms with E-state index >= 15 is 0 Å². The molecular weight excluding hydrogens is 345 g/mol. The Labute approximate surface area is 75.5 Å². The summed E-state index contributed by atoms with van der Waals surface area (Å²) in [6, 6.07) is 0. The first-order chi connectivity index (χ1) is 2.45. The Morgan fingerprint density at radius 2 is 0.625 bits per heavy atom. The van der Waals surface area contributed by atoms with Crippen LogP contribution in [0.25, 0.3) is 0 Å². The first-order valence-electron chi connectivity index (χ1n) is 1.73. The second kappa shape index (κ2) is 2.58. The SMILES string of the molecule is [B]#[Ce](#[B])(#[B])(#[B])(#[B])#[B].[Ce]. The molecule has 0 aromatic rings. The summed E-state index contributed by atoms with van der Waals surface area (Å²) in [5.41, 5.74) is 0. The quantitative estimate of drug-likeness (QED) is 0.434. The van der Waals surface area contributed by atoms with Crippen molar-refractivity contribution in [3.8, 4) is 0 Å². The van der Waals surface area contributed by atoms with E-state index in [4.69, 9.17) is 14.1 Å². The molecule has 0 spiro atoms. The van der Waals surface area contributed by atoms with Crippen molar-refractivity contribution in [3.63, 3.8) is 0 Å². The molecule has 8 heteroatoms. The molecule has 0 aliphatic carbocycles. The molecule has 0 saturated carbocycles. The standard InChI is InChI=1S/6B.2Ce. The van der Waals surface area contributed by atoms with Crippen LogP contribution in [0.4, 0.5) is 0 Å². The van der Waals surface area contributed by atoms with Crippen LogP contribution in [-0.4, -0.2) is 14.1 Å². The molecular formula is B6Ce2. The third kappa shape index (κ3) is 61.4. The van der Waals surface area contributed by atoms with Gasteiger partial charge in [-0.05, 0) is 0 Å². The zero-order valence-corrected chi connectivity index (χ0v) is 10.7. The number of hydrogen-bond donors (Lipinski definition) is 0. The Bertz CT molecular complexity index is 1200. The van der Waals surface area contributed by atoms with Crippen LogP contribution in [0.1, 0.15) is 0 Å². The molecule has 0 aliphatic rings. The zero-order chi connectivity index (χ0) is 6.41. The minimum Gasteiger partial charge on any atom is 0 e. The molecule has 0 atom stereocenters. The summed E-state index contributed by atoms with van der Waals surface area (Å²) >= 11 is -5.40. The van der Waals surface area contributed by atoms with Gasteiger partial charge in [0, 0.05) is 41.7 Å². The summed E-state index contributed by atoms with van der Waals surface area (Å²) in [7, 11) is 0. The van der Waals surface area contributed by atoms with Gasteiger partial charge in [0.25, 0.3) is 0 Å². The molecule has 0 fully saturated rings. The van der Waals surface area contributed by atoms with Gasteiger partial charge in [-0.3, -0.25) is 0 Å². The van der Waals surface area contributed by atoms with Gasteiger partial charge in [0.1, 0.15) is 0 Å². The molecule has 0 radical (unpaired) electrons. The van der Waals surface area contributed by atoms with Crippen molar-refractivity contribution >= 4 is 14.1 Å². The van der Waals surface area contributed by atoms with Crippen LogP contribution in [-0.2, 0) is 0 Å². The minimum atomic E-state index is -5.40. The summed E-state index contributed by atoms with van der Waals surface area (Å²) in [6.45, 7) is 0. The minimum absolute atomic E-state index is 0. The third-order valence-electron chi connectivity index (χ3n) is 0. The second-order valence-corrected chi connectivity index (χ2v) is 18.2. The van der Waals surface area contributed by atoms with Crippen LogP contribution >= 0.6 is 0 Å². The Morgan fingerprint density at radius 1 is 0.625 bits per heavy atom. The maximum Gasteiger partial charge on any atom is 0 e. The Morgan fingerprint density at radius 3 is 0.625 bits per heavy atom. The molecule has 0 amide bonds. The van der Waals surface area contributed by atoms with E-state index in [-0.39, 0.29) is 41.7 Å². The van der Waals surface area contributed by atoms with Crippen molar-refractivity contribution in [2.75, 3.05) is 0 Å². The molecule has 0 saturated heterocycles. The van der Waals surface area contributed by atoms with Crippen LogP contribution in [0.3, 0.4) is 0 Å². The molecule has 26 valence electrons. The predicted octanol–water partition coefficient (Wildman–Crippen LogP) is -2.28. The molecule has 0 aromatic heterocycles. The normalized spacial score (nSPS) is 21.0. The maximum absolute atomic E-state index is 5.40. The molecule has 0 N–H and O–H groups in total. The van der Waals surface area contributed by atoms with E-state index in [1.807, 2.05) is 0 Å². The largest absolute Gasteiger partial charge is 0 e. The molecule has 0 aromatic carbocycles. The predicted molar refractivity (Wildman–Crippen MR) is 34.5 cm³/mol. The summed E-state index contributed by atoms with van der Waals surface area (Å²) in [5.74, 6) is 0. The van der Waals surface area contributed by atoms with Gasteiger partial charge in [0.15, 0.2) is 0 Å². The fourth-order valence-corrected chi connectivity index (χ4v) is 0. The number of hydrogen-bond acceptors (Lipinski definition) is 0.